The first-order valence-corrected chi connectivity index (χ1v) is 8.25. The van der Waals surface area contributed by atoms with Crippen LogP contribution in [-0.2, 0) is 14.3 Å². The summed E-state index contributed by atoms with van der Waals surface area (Å²) in [6.07, 6.45) is 0.576. The van der Waals surface area contributed by atoms with Crippen LogP contribution in [0.4, 0.5) is 0 Å². The number of esters is 1. The molecule has 1 heterocycles. The van der Waals surface area contributed by atoms with Gasteiger partial charge in [0, 0.05) is 16.6 Å². The van der Waals surface area contributed by atoms with Crippen LogP contribution >= 0.6 is 11.6 Å². The van der Waals surface area contributed by atoms with Crippen molar-refractivity contribution in [1.29, 1.82) is 0 Å². The summed E-state index contributed by atoms with van der Waals surface area (Å²) >= 11 is 5.87. The van der Waals surface area contributed by atoms with Crippen molar-refractivity contribution in [2.45, 2.75) is 38.8 Å². The molecule has 2 atom stereocenters. The van der Waals surface area contributed by atoms with Gasteiger partial charge in [0.15, 0.2) is 6.04 Å². The zero-order chi connectivity index (χ0) is 18.4. The highest BCUT2D eigenvalue weighted by atomic mass is 35.5. The normalized spacial score (nSPS) is 13.1. The Bertz CT molecular complexity index is 732. The summed E-state index contributed by atoms with van der Waals surface area (Å²) in [6, 6.07) is 6.06. The third-order valence-electron chi connectivity index (χ3n) is 3.59. The molecule has 25 heavy (non-hydrogen) atoms. The molecule has 1 aromatic carbocycles. The molecule has 0 saturated heterocycles. The SMILES string of the molecule is CCC(C(=O)NC(C)CC(=O)OC)n1nnc(-c2ccc(Cl)cc2)n1. The van der Waals surface area contributed by atoms with E-state index in [9.17, 15) is 9.59 Å². The van der Waals surface area contributed by atoms with Gasteiger partial charge in [-0.05, 0) is 42.8 Å². The first kappa shape index (κ1) is 18.9. The minimum atomic E-state index is -0.617. The summed E-state index contributed by atoms with van der Waals surface area (Å²) in [5.41, 5.74) is 0.755. The topological polar surface area (TPSA) is 99.0 Å². The summed E-state index contributed by atoms with van der Waals surface area (Å²) in [4.78, 5) is 25.0. The van der Waals surface area contributed by atoms with Crippen molar-refractivity contribution >= 4 is 23.5 Å². The highest BCUT2D eigenvalue weighted by Gasteiger charge is 2.24. The van der Waals surface area contributed by atoms with Gasteiger partial charge < -0.3 is 10.1 Å². The lowest BCUT2D eigenvalue weighted by molar-refractivity contribution is -0.141. The number of ether oxygens (including phenoxy) is 1. The van der Waals surface area contributed by atoms with Gasteiger partial charge in [0.05, 0.1) is 13.5 Å². The van der Waals surface area contributed by atoms with Crippen molar-refractivity contribution < 1.29 is 14.3 Å². The molecule has 2 rings (SSSR count). The van der Waals surface area contributed by atoms with Gasteiger partial charge in [0.1, 0.15) is 0 Å². The first-order valence-electron chi connectivity index (χ1n) is 7.87. The largest absolute Gasteiger partial charge is 0.469 e. The third-order valence-corrected chi connectivity index (χ3v) is 3.84. The van der Waals surface area contributed by atoms with E-state index in [0.29, 0.717) is 17.3 Å². The zero-order valence-corrected chi connectivity index (χ0v) is 15.0. The van der Waals surface area contributed by atoms with Gasteiger partial charge in [0.25, 0.3) is 0 Å². The van der Waals surface area contributed by atoms with E-state index in [4.69, 9.17) is 11.6 Å². The van der Waals surface area contributed by atoms with Gasteiger partial charge in [-0.2, -0.15) is 4.80 Å². The fourth-order valence-corrected chi connectivity index (χ4v) is 2.37. The van der Waals surface area contributed by atoms with Crippen molar-refractivity contribution in [3.63, 3.8) is 0 Å². The van der Waals surface area contributed by atoms with Crippen molar-refractivity contribution in [3.8, 4) is 11.4 Å². The van der Waals surface area contributed by atoms with Crippen LogP contribution in [0.2, 0.25) is 5.02 Å². The minimum Gasteiger partial charge on any atom is -0.469 e. The number of benzene rings is 1. The zero-order valence-electron chi connectivity index (χ0n) is 14.3. The number of carbonyl (C=O) groups is 2. The number of tetrazole rings is 1. The molecule has 1 aromatic heterocycles. The summed E-state index contributed by atoms with van der Waals surface area (Å²) in [7, 11) is 1.31. The Morgan fingerprint density at radius 3 is 2.60 bits per heavy atom. The number of hydrogen-bond acceptors (Lipinski definition) is 6. The van der Waals surface area contributed by atoms with Gasteiger partial charge >= 0.3 is 5.97 Å². The Labute approximate surface area is 150 Å². The standard InChI is InChI=1S/C16H20ClN5O3/c1-4-13(16(24)18-10(2)9-14(23)25-3)22-20-15(19-21-22)11-5-7-12(17)8-6-11/h5-8,10,13H,4,9H2,1-3H3,(H,18,24). The van der Waals surface area contributed by atoms with E-state index in [1.807, 2.05) is 6.92 Å². The summed E-state index contributed by atoms with van der Waals surface area (Å²) in [5, 5.41) is 15.6. The van der Waals surface area contributed by atoms with E-state index < -0.39 is 6.04 Å². The molecule has 2 aromatic rings. The molecule has 0 fully saturated rings. The van der Waals surface area contributed by atoms with Gasteiger partial charge in [-0.3, -0.25) is 9.59 Å². The molecule has 9 heteroatoms. The van der Waals surface area contributed by atoms with Gasteiger partial charge in [-0.25, -0.2) is 0 Å². The van der Waals surface area contributed by atoms with Crippen LogP contribution in [0.5, 0.6) is 0 Å². The van der Waals surface area contributed by atoms with Crippen molar-refractivity contribution in [3.05, 3.63) is 29.3 Å². The Morgan fingerprint density at radius 2 is 2.00 bits per heavy atom. The first-order chi connectivity index (χ1) is 11.9. The second-order valence-corrected chi connectivity index (χ2v) is 5.99. The van der Waals surface area contributed by atoms with E-state index in [0.717, 1.165) is 5.56 Å². The number of hydrogen-bond donors (Lipinski definition) is 1. The fourth-order valence-electron chi connectivity index (χ4n) is 2.25. The van der Waals surface area contributed by atoms with E-state index >= 15 is 0 Å². The highest BCUT2D eigenvalue weighted by Crippen LogP contribution is 2.18. The maximum absolute atomic E-state index is 12.4. The molecule has 0 aliphatic heterocycles. The Kier molecular flexibility index (Phi) is 6.46. The highest BCUT2D eigenvalue weighted by molar-refractivity contribution is 6.30. The maximum Gasteiger partial charge on any atom is 0.307 e. The molecule has 2 unspecified atom stereocenters. The number of nitrogens with zero attached hydrogens (tertiary/aromatic N) is 4. The van der Waals surface area contributed by atoms with E-state index in [1.54, 1.807) is 31.2 Å². The number of halogens is 1. The number of aromatic nitrogens is 4. The van der Waals surface area contributed by atoms with Gasteiger partial charge in [0.2, 0.25) is 11.7 Å². The molecule has 0 radical (unpaired) electrons. The molecule has 134 valence electrons. The minimum absolute atomic E-state index is 0.0967. The average Bonchev–Trinajstić information content (AvgIpc) is 3.05. The number of carbonyl (C=O) groups excluding carboxylic acids is 2. The van der Waals surface area contributed by atoms with E-state index in [-0.39, 0.29) is 24.3 Å². The van der Waals surface area contributed by atoms with Crippen molar-refractivity contribution in [2.75, 3.05) is 7.11 Å². The second-order valence-electron chi connectivity index (χ2n) is 5.55. The van der Waals surface area contributed by atoms with E-state index in [2.05, 4.69) is 25.5 Å². The predicted octanol–water partition coefficient (Wildman–Crippen LogP) is 2.01. The molecule has 8 nitrogen and oxygen atoms in total. The Morgan fingerprint density at radius 1 is 1.32 bits per heavy atom. The average molecular weight is 366 g/mol. The molecule has 1 N–H and O–H groups in total. The lowest BCUT2D eigenvalue weighted by Crippen LogP contribution is -2.40. The molecule has 0 aliphatic rings. The molecule has 0 saturated carbocycles. The number of rotatable bonds is 7. The third kappa shape index (κ3) is 4.99. The van der Waals surface area contributed by atoms with Crippen LogP contribution in [0.1, 0.15) is 32.7 Å². The Hall–Kier alpha value is -2.48. The summed E-state index contributed by atoms with van der Waals surface area (Å²) < 4.78 is 4.60. The molecular weight excluding hydrogens is 346 g/mol. The number of amides is 1. The van der Waals surface area contributed by atoms with Crippen LogP contribution in [-0.4, -0.2) is 45.2 Å². The van der Waals surface area contributed by atoms with Gasteiger partial charge in [-0.1, -0.05) is 18.5 Å². The molecule has 1 amide bonds. The second kappa shape index (κ2) is 8.57. The Balaban J connectivity index is 2.08. The molecule has 0 aliphatic carbocycles. The van der Waals surface area contributed by atoms with Crippen LogP contribution in [0.3, 0.4) is 0 Å². The van der Waals surface area contributed by atoms with Crippen LogP contribution in [0.15, 0.2) is 24.3 Å². The lowest BCUT2D eigenvalue weighted by atomic mass is 10.2. The summed E-state index contributed by atoms with van der Waals surface area (Å²) in [6.45, 7) is 3.58. The monoisotopic (exact) mass is 365 g/mol. The van der Waals surface area contributed by atoms with Gasteiger partial charge in [-0.15, -0.1) is 10.2 Å². The smallest absolute Gasteiger partial charge is 0.307 e. The molecule has 0 bridgehead atoms. The quantitative estimate of drug-likeness (QED) is 0.753. The fraction of sp³-hybridized carbons (Fsp3) is 0.438. The van der Waals surface area contributed by atoms with Crippen LogP contribution in [0, 0.1) is 0 Å². The van der Waals surface area contributed by atoms with Crippen molar-refractivity contribution in [1.82, 2.24) is 25.5 Å². The predicted molar refractivity (Wildman–Crippen MR) is 91.8 cm³/mol. The lowest BCUT2D eigenvalue weighted by Gasteiger charge is -2.17. The number of nitrogens with one attached hydrogen (secondary N) is 1. The van der Waals surface area contributed by atoms with Crippen LogP contribution < -0.4 is 5.32 Å². The van der Waals surface area contributed by atoms with Crippen molar-refractivity contribution in [2.24, 2.45) is 0 Å². The maximum atomic E-state index is 12.4. The molecule has 0 spiro atoms. The van der Waals surface area contributed by atoms with Crippen LogP contribution in [0.25, 0.3) is 11.4 Å². The number of methoxy groups -OCH3 is 1. The summed E-state index contributed by atoms with van der Waals surface area (Å²) in [5.74, 6) is -0.255. The van der Waals surface area contributed by atoms with E-state index in [1.165, 1.54) is 11.9 Å². The molecular formula is C16H20ClN5O3.